The molecule has 0 fully saturated rings. The van der Waals surface area contributed by atoms with Crippen LogP contribution in [0.15, 0.2) is 34.5 Å². The van der Waals surface area contributed by atoms with E-state index in [-0.39, 0.29) is 0 Å². The summed E-state index contributed by atoms with van der Waals surface area (Å²) in [4.78, 5) is 0. The Hall–Kier alpha value is -1.44. The number of rotatable bonds is 2. The van der Waals surface area contributed by atoms with Crippen LogP contribution in [0.3, 0.4) is 0 Å². The summed E-state index contributed by atoms with van der Waals surface area (Å²) in [5, 5.41) is 7.08. The van der Waals surface area contributed by atoms with Gasteiger partial charge in [0.25, 0.3) is 0 Å². The second-order valence-corrected chi connectivity index (χ2v) is 2.24. The molecule has 0 saturated heterocycles. The van der Waals surface area contributed by atoms with Crippen molar-refractivity contribution in [2.75, 3.05) is 0 Å². The average molecular weight is 146 g/mol. The highest BCUT2D eigenvalue weighted by molar-refractivity contribution is 5.81. The van der Waals surface area contributed by atoms with Gasteiger partial charge in [-0.05, 0) is 18.1 Å². The van der Waals surface area contributed by atoms with E-state index in [1.54, 1.807) is 6.21 Å². The molecule has 0 aliphatic rings. The SMILES string of the molecule is C=NN=Cc1ccccc1C. The third kappa shape index (κ3) is 2.00. The lowest BCUT2D eigenvalue weighted by molar-refractivity contribution is 1.27. The van der Waals surface area contributed by atoms with Gasteiger partial charge < -0.3 is 0 Å². The first-order chi connectivity index (χ1) is 5.34. The fourth-order valence-corrected chi connectivity index (χ4v) is 0.835. The van der Waals surface area contributed by atoms with Crippen molar-refractivity contribution in [2.45, 2.75) is 6.92 Å². The first-order valence-corrected chi connectivity index (χ1v) is 3.39. The Kier molecular flexibility index (Phi) is 2.55. The second kappa shape index (κ2) is 3.66. The van der Waals surface area contributed by atoms with Gasteiger partial charge in [-0.15, -0.1) is 0 Å². The summed E-state index contributed by atoms with van der Waals surface area (Å²) < 4.78 is 0. The van der Waals surface area contributed by atoms with Crippen molar-refractivity contribution in [3.8, 4) is 0 Å². The zero-order valence-corrected chi connectivity index (χ0v) is 6.49. The molecule has 0 unspecified atom stereocenters. The summed E-state index contributed by atoms with van der Waals surface area (Å²) in [5.41, 5.74) is 2.28. The van der Waals surface area contributed by atoms with Crippen LogP contribution in [0.4, 0.5) is 0 Å². The van der Waals surface area contributed by atoms with E-state index in [4.69, 9.17) is 0 Å². The molecule has 1 aromatic carbocycles. The van der Waals surface area contributed by atoms with Crippen molar-refractivity contribution in [3.05, 3.63) is 35.4 Å². The molecule has 0 heterocycles. The molecule has 0 bridgehead atoms. The Morgan fingerprint density at radius 3 is 2.73 bits per heavy atom. The van der Waals surface area contributed by atoms with Gasteiger partial charge in [-0.1, -0.05) is 24.3 Å². The molecule has 0 aromatic heterocycles. The number of benzene rings is 1. The highest BCUT2D eigenvalue weighted by atomic mass is 15.2. The molecular weight excluding hydrogens is 136 g/mol. The number of hydrogen-bond donors (Lipinski definition) is 0. The average Bonchev–Trinajstić information content (AvgIpc) is 2.03. The van der Waals surface area contributed by atoms with Gasteiger partial charge in [0, 0.05) is 6.72 Å². The lowest BCUT2D eigenvalue weighted by Gasteiger charge is -1.95. The predicted octanol–water partition coefficient (Wildman–Crippen LogP) is 2.03. The topological polar surface area (TPSA) is 24.7 Å². The van der Waals surface area contributed by atoms with E-state index in [2.05, 4.69) is 16.9 Å². The molecule has 0 aliphatic heterocycles. The maximum absolute atomic E-state index is 3.69. The number of hydrogen-bond acceptors (Lipinski definition) is 2. The van der Waals surface area contributed by atoms with Crippen LogP contribution in [-0.4, -0.2) is 12.9 Å². The molecule has 0 amide bonds. The molecule has 0 saturated carbocycles. The molecule has 0 aliphatic carbocycles. The summed E-state index contributed by atoms with van der Waals surface area (Å²) >= 11 is 0. The van der Waals surface area contributed by atoms with Crippen molar-refractivity contribution in [1.29, 1.82) is 0 Å². The van der Waals surface area contributed by atoms with Gasteiger partial charge in [0.1, 0.15) is 0 Å². The van der Waals surface area contributed by atoms with Gasteiger partial charge in [-0.25, -0.2) is 0 Å². The zero-order chi connectivity index (χ0) is 8.10. The fourth-order valence-electron chi connectivity index (χ4n) is 0.835. The lowest BCUT2D eigenvalue weighted by atomic mass is 10.1. The zero-order valence-electron chi connectivity index (χ0n) is 6.49. The number of aryl methyl sites for hydroxylation is 1. The van der Waals surface area contributed by atoms with Crippen LogP contribution in [0.2, 0.25) is 0 Å². The molecule has 0 atom stereocenters. The molecule has 56 valence electrons. The minimum atomic E-state index is 1.08. The highest BCUT2D eigenvalue weighted by Crippen LogP contribution is 2.03. The minimum Gasteiger partial charge on any atom is -0.167 e. The van der Waals surface area contributed by atoms with Crippen LogP contribution in [0, 0.1) is 6.92 Å². The summed E-state index contributed by atoms with van der Waals surface area (Å²) in [6, 6.07) is 7.99. The maximum Gasteiger partial charge on any atom is 0.0570 e. The lowest BCUT2D eigenvalue weighted by Crippen LogP contribution is -1.83. The van der Waals surface area contributed by atoms with E-state index in [0.29, 0.717) is 0 Å². The standard InChI is InChI=1S/C9H10N2/c1-8-5-3-4-6-9(8)7-11-10-2/h3-7H,2H2,1H3. The molecule has 2 heteroatoms. The molecule has 1 rings (SSSR count). The van der Waals surface area contributed by atoms with Crippen molar-refractivity contribution in [3.63, 3.8) is 0 Å². The maximum atomic E-state index is 3.69. The van der Waals surface area contributed by atoms with Crippen molar-refractivity contribution >= 4 is 12.9 Å². The van der Waals surface area contributed by atoms with Gasteiger partial charge in [0.2, 0.25) is 0 Å². The Labute approximate surface area is 66.3 Å². The third-order valence-corrected chi connectivity index (χ3v) is 1.47. The van der Waals surface area contributed by atoms with Crippen LogP contribution in [0.5, 0.6) is 0 Å². The van der Waals surface area contributed by atoms with Gasteiger partial charge >= 0.3 is 0 Å². The predicted molar refractivity (Wildman–Crippen MR) is 48.3 cm³/mol. The van der Waals surface area contributed by atoms with Crippen LogP contribution in [0.1, 0.15) is 11.1 Å². The Bertz CT molecular complexity index is 277. The van der Waals surface area contributed by atoms with Gasteiger partial charge in [-0.3, -0.25) is 0 Å². The van der Waals surface area contributed by atoms with E-state index in [9.17, 15) is 0 Å². The van der Waals surface area contributed by atoms with Crippen LogP contribution in [0.25, 0.3) is 0 Å². The summed E-state index contributed by atoms with van der Waals surface area (Å²) in [7, 11) is 0. The monoisotopic (exact) mass is 146 g/mol. The first kappa shape index (κ1) is 7.66. The Balaban J connectivity index is 2.94. The van der Waals surface area contributed by atoms with Gasteiger partial charge in [0.15, 0.2) is 0 Å². The minimum absolute atomic E-state index is 1.08. The van der Waals surface area contributed by atoms with Crippen LogP contribution >= 0.6 is 0 Å². The van der Waals surface area contributed by atoms with Crippen molar-refractivity contribution in [1.82, 2.24) is 0 Å². The molecule has 2 nitrogen and oxygen atoms in total. The Morgan fingerprint density at radius 2 is 2.09 bits per heavy atom. The molecular formula is C9H10N2. The Morgan fingerprint density at radius 1 is 1.36 bits per heavy atom. The van der Waals surface area contributed by atoms with E-state index in [0.717, 1.165) is 5.56 Å². The highest BCUT2D eigenvalue weighted by Gasteiger charge is 1.89. The third-order valence-electron chi connectivity index (χ3n) is 1.47. The van der Waals surface area contributed by atoms with E-state index >= 15 is 0 Å². The number of nitrogens with zero attached hydrogens (tertiary/aromatic N) is 2. The summed E-state index contributed by atoms with van der Waals surface area (Å²) in [6.07, 6.45) is 1.70. The van der Waals surface area contributed by atoms with Crippen molar-refractivity contribution in [2.24, 2.45) is 10.2 Å². The quantitative estimate of drug-likeness (QED) is 0.450. The molecule has 1 aromatic rings. The molecule has 11 heavy (non-hydrogen) atoms. The largest absolute Gasteiger partial charge is 0.167 e. The molecule has 0 N–H and O–H groups in total. The van der Waals surface area contributed by atoms with E-state index in [1.165, 1.54) is 5.56 Å². The second-order valence-electron chi connectivity index (χ2n) is 2.24. The van der Waals surface area contributed by atoms with E-state index < -0.39 is 0 Å². The molecule has 0 radical (unpaired) electrons. The van der Waals surface area contributed by atoms with Crippen LogP contribution in [-0.2, 0) is 0 Å². The van der Waals surface area contributed by atoms with Crippen molar-refractivity contribution < 1.29 is 0 Å². The van der Waals surface area contributed by atoms with Gasteiger partial charge in [0.05, 0.1) is 6.21 Å². The van der Waals surface area contributed by atoms with Gasteiger partial charge in [-0.2, -0.15) is 10.2 Å². The fraction of sp³-hybridized carbons (Fsp3) is 0.111. The summed E-state index contributed by atoms with van der Waals surface area (Å²) in [5.74, 6) is 0. The smallest absolute Gasteiger partial charge is 0.0570 e. The summed E-state index contributed by atoms with van der Waals surface area (Å²) in [6.45, 7) is 5.29. The van der Waals surface area contributed by atoms with Crippen LogP contribution < -0.4 is 0 Å². The first-order valence-electron chi connectivity index (χ1n) is 3.39. The normalized spacial score (nSPS) is 10.3. The molecule has 0 spiro atoms. The van der Waals surface area contributed by atoms with E-state index in [1.807, 2.05) is 31.2 Å².